The van der Waals surface area contributed by atoms with Gasteiger partial charge in [-0.2, -0.15) is 0 Å². The van der Waals surface area contributed by atoms with Crippen molar-refractivity contribution in [2.45, 2.75) is 13.3 Å². The summed E-state index contributed by atoms with van der Waals surface area (Å²) in [6.07, 6.45) is 0.125. The van der Waals surface area contributed by atoms with Crippen LogP contribution in [0.3, 0.4) is 0 Å². The minimum Gasteiger partial charge on any atom is -0.294 e. The van der Waals surface area contributed by atoms with Gasteiger partial charge in [-0.15, -0.1) is 0 Å². The molecule has 0 amide bonds. The van der Waals surface area contributed by atoms with Crippen LogP contribution in [-0.2, 0) is 6.42 Å². The van der Waals surface area contributed by atoms with E-state index in [9.17, 15) is 14.9 Å². The molecular weight excluding hydrogens is 278 g/mol. The standard InChI is InChI=1S/C15H12ClNO3/c1-10-6-12(8-13(7-10)17(19)20)15(18)9-11-4-2-3-5-14(11)16/h2-8H,9H2,1H3. The molecule has 20 heavy (non-hydrogen) atoms. The second kappa shape index (κ2) is 5.84. The smallest absolute Gasteiger partial charge is 0.270 e. The molecule has 102 valence electrons. The number of carbonyl (C=O) groups is 1. The third-order valence-electron chi connectivity index (χ3n) is 2.90. The average molecular weight is 290 g/mol. The van der Waals surface area contributed by atoms with Crippen molar-refractivity contribution in [3.05, 3.63) is 74.3 Å². The number of Topliss-reactive ketones (excluding diaryl/α,β-unsaturated/α-hetero) is 1. The van der Waals surface area contributed by atoms with Gasteiger partial charge >= 0.3 is 0 Å². The molecule has 0 spiro atoms. The molecule has 0 aliphatic rings. The Balaban J connectivity index is 2.30. The second-order valence-corrected chi connectivity index (χ2v) is 4.91. The minimum atomic E-state index is -0.501. The Bertz CT molecular complexity index is 683. The lowest BCUT2D eigenvalue weighted by atomic mass is 10.0. The van der Waals surface area contributed by atoms with E-state index in [-0.39, 0.29) is 17.9 Å². The number of carbonyl (C=O) groups excluding carboxylic acids is 1. The monoisotopic (exact) mass is 289 g/mol. The molecule has 5 heteroatoms. The summed E-state index contributed by atoms with van der Waals surface area (Å²) in [6.45, 7) is 1.72. The second-order valence-electron chi connectivity index (χ2n) is 4.51. The van der Waals surface area contributed by atoms with Crippen molar-refractivity contribution in [1.29, 1.82) is 0 Å². The van der Waals surface area contributed by atoms with Crippen LogP contribution in [0.1, 0.15) is 21.5 Å². The molecule has 0 heterocycles. The maximum Gasteiger partial charge on any atom is 0.270 e. The van der Waals surface area contributed by atoms with Crippen LogP contribution in [0.25, 0.3) is 0 Å². The number of ketones is 1. The van der Waals surface area contributed by atoms with Crippen LogP contribution in [0.2, 0.25) is 5.02 Å². The molecule has 0 atom stereocenters. The van der Waals surface area contributed by atoms with Crippen LogP contribution in [0.15, 0.2) is 42.5 Å². The lowest BCUT2D eigenvalue weighted by Gasteiger charge is -2.05. The van der Waals surface area contributed by atoms with E-state index in [1.807, 2.05) is 0 Å². The topological polar surface area (TPSA) is 60.2 Å². The molecule has 0 unspecified atom stereocenters. The Labute approximate surface area is 121 Å². The maximum absolute atomic E-state index is 12.2. The highest BCUT2D eigenvalue weighted by Crippen LogP contribution is 2.21. The van der Waals surface area contributed by atoms with E-state index >= 15 is 0 Å². The van der Waals surface area contributed by atoms with Crippen LogP contribution < -0.4 is 0 Å². The van der Waals surface area contributed by atoms with E-state index < -0.39 is 4.92 Å². The summed E-state index contributed by atoms with van der Waals surface area (Å²) in [5.74, 6) is -0.190. The van der Waals surface area contributed by atoms with E-state index in [1.165, 1.54) is 12.1 Å². The first-order valence-corrected chi connectivity index (χ1v) is 6.38. The number of nitrogens with zero attached hydrogens (tertiary/aromatic N) is 1. The SMILES string of the molecule is Cc1cc(C(=O)Cc2ccccc2Cl)cc([N+](=O)[O-])c1. The van der Waals surface area contributed by atoms with Crippen molar-refractivity contribution >= 4 is 23.1 Å². The number of aryl methyl sites for hydroxylation is 1. The van der Waals surface area contributed by atoms with Crippen molar-refractivity contribution in [2.75, 3.05) is 0 Å². The number of benzene rings is 2. The minimum absolute atomic E-state index is 0.0764. The van der Waals surface area contributed by atoms with E-state index in [4.69, 9.17) is 11.6 Å². The Morgan fingerprint density at radius 3 is 2.60 bits per heavy atom. The number of hydrogen-bond donors (Lipinski definition) is 0. The number of rotatable bonds is 4. The Morgan fingerprint density at radius 2 is 1.95 bits per heavy atom. The van der Waals surface area contributed by atoms with Gasteiger partial charge in [-0.3, -0.25) is 14.9 Å². The molecule has 0 radical (unpaired) electrons. The zero-order valence-electron chi connectivity index (χ0n) is 10.8. The van der Waals surface area contributed by atoms with Crippen molar-refractivity contribution in [3.63, 3.8) is 0 Å². The Kier molecular flexibility index (Phi) is 4.15. The van der Waals surface area contributed by atoms with Gasteiger partial charge in [0.25, 0.3) is 5.69 Å². The third kappa shape index (κ3) is 3.22. The first-order chi connectivity index (χ1) is 9.47. The van der Waals surface area contributed by atoms with Crippen LogP contribution in [-0.4, -0.2) is 10.7 Å². The number of non-ortho nitro benzene ring substituents is 1. The highest BCUT2D eigenvalue weighted by molar-refractivity contribution is 6.31. The normalized spacial score (nSPS) is 10.3. The van der Waals surface area contributed by atoms with Gasteiger partial charge in [-0.1, -0.05) is 29.8 Å². The number of nitro benzene ring substituents is 1. The Hall–Kier alpha value is -2.20. The van der Waals surface area contributed by atoms with E-state index in [0.717, 1.165) is 0 Å². The molecule has 2 aromatic rings. The van der Waals surface area contributed by atoms with Crippen LogP contribution in [0, 0.1) is 17.0 Å². The summed E-state index contributed by atoms with van der Waals surface area (Å²) in [4.78, 5) is 22.5. The summed E-state index contributed by atoms with van der Waals surface area (Å²) >= 11 is 6.01. The van der Waals surface area contributed by atoms with Crippen molar-refractivity contribution in [2.24, 2.45) is 0 Å². The van der Waals surface area contributed by atoms with Gasteiger partial charge in [0.15, 0.2) is 5.78 Å². The molecule has 2 aromatic carbocycles. The molecule has 0 N–H and O–H groups in total. The molecule has 2 rings (SSSR count). The van der Waals surface area contributed by atoms with E-state index in [2.05, 4.69) is 0 Å². The van der Waals surface area contributed by atoms with E-state index in [0.29, 0.717) is 21.7 Å². The van der Waals surface area contributed by atoms with Gasteiger partial charge in [0.05, 0.1) is 4.92 Å². The lowest BCUT2D eigenvalue weighted by molar-refractivity contribution is -0.384. The van der Waals surface area contributed by atoms with Gasteiger partial charge < -0.3 is 0 Å². The quantitative estimate of drug-likeness (QED) is 0.486. The summed E-state index contributed by atoms with van der Waals surface area (Å²) in [5.41, 5.74) is 1.65. The van der Waals surface area contributed by atoms with Crippen molar-refractivity contribution < 1.29 is 9.72 Å². The van der Waals surface area contributed by atoms with Crippen LogP contribution in [0.4, 0.5) is 5.69 Å². The van der Waals surface area contributed by atoms with Gasteiger partial charge in [-0.25, -0.2) is 0 Å². The van der Waals surface area contributed by atoms with Gasteiger partial charge in [-0.05, 0) is 30.2 Å². The first-order valence-electron chi connectivity index (χ1n) is 6.00. The van der Waals surface area contributed by atoms with Gasteiger partial charge in [0.1, 0.15) is 0 Å². The van der Waals surface area contributed by atoms with E-state index in [1.54, 1.807) is 37.3 Å². The highest BCUT2D eigenvalue weighted by atomic mass is 35.5. The molecule has 0 fully saturated rings. The molecular formula is C15H12ClNO3. The van der Waals surface area contributed by atoms with Gasteiger partial charge in [0.2, 0.25) is 0 Å². The molecule has 0 saturated carbocycles. The van der Waals surface area contributed by atoms with Gasteiger partial charge in [0, 0.05) is 29.1 Å². The number of nitro groups is 1. The number of halogens is 1. The molecule has 4 nitrogen and oxygen atoms in total. The fraction of sp³-hybridized carbons (Fsp3) is 0.133. The lowest BCUT2D eigenvalue weighted by Crippen LogP contribution is -2.05. The molecule has 0 aromatic heterocycles. The van der Waals surface area contributed by atoms with Crippen molar-refractivity contribution in [3.8, 4) is 0 Å². The van der Waals surface area contributed by atoms with Crippen molar-refractivity contribution in [1.82, 2.24) is 0 Å². The van der Waals surface area contributed by atoms with Crippen LogP contribution >= 0.6 is 11.6 Å². The average Bonchev–Trinajstić information content (AvgIpc) is 2.40. The number of hydrogen-bond acceptors (Lipinski definition) is 3. The predicted octanol–water partition coefficient (Wildman–Crippen LogP) is 3.98. The molecule has 0 saturated heterocycles. The first kappa shape index (κ1) is 14.2. The summed E-state index contributed by atoms with van der Waals surface area (Å²) in [5, 5.41) is 11.3. The third-order valence-corrected chi connectivity index (χ3v) is 3.27. The fourth-order valence-electron chi connectivity index (χ4n) is 1.95. The zero-order chi connectivity index (χ0) is 14.7. The summed E-state index contributed by atoms with van der Waals surface area (Å²) in [7, 11) is 0. The maximum atomic E-state index is 12.2. The largest absolute Gasteiger partial charge is 0.294 e. The fourth-order valence-corrected chi connectivity index (χ4v) is 2.15. The predicted molar refractivity (Wildman–Crippen MR) is 77.3 cm³/mol. The molecule has 0 aliphatic heterocycles. The molecule has 0 bridgehead atoms. The summed E-state index contributed by atoms with van der Waals surface area (Å²) in [6, 6.07) is 11.4. The molecule has 0 aliphatic carbocycles. The zero-order valence-corrected chi connectivity index (χ0v) is 11.6. The van der Waals surface area contributed by atoms with Crippen LogP contribution in [0.5, 0.6) is 0 Å². The summed E-state index contributed by atoms with van der Waals surface area (Å²) < 4.78 is 0. The highest BCUT2D eigenvalue weighted by Gasteiger charge is 2.14. The Morgan fingerprint density at radius 1 is 1.25 bits per heavy atom.